The van der Waals surface area contributed by atoms with E-state index in [1.807, 2.05) is 11.8 Å². The number of piperazine rings is 1. The molecule has 0 bridgehead atoms. The summed E-state index contributed by atoms with van der Waals surface area (Å²) in [4.78, 5) is 31.3. The minimum absolute atomic E-state index is 0.0230. The molecule has 2 heterocycles. The van der Waals surface area contributed by atoms with Crippen LogP contribution in [-0.4, -0.2) is 96.6 Å². The lowest BCUT2D eigenvalue weighted by molar-refractivity contribution is -0.144. The fourth-order valence-corrected chi connectivity index (χ4v) is 4.90. The molecular weight excluding hydrogens is 437 g/mol. The van der Waals surface area contributed by atoms with Gasteiger partial charge in [-0.25, -0.2) is 4.39 Å². The Morgan fingerprint density at radius 3 is 2.50 bits per heavy atom. The number of aliphatic hydroxyl groups excluding tert-OH is 1. The van der Waals surface area contributed by atoms with Crippen LogP contribution in [0.3, 0.4) is 0 Å². The lowest BCUT2D eigenvalue weighted by Crippen LogP contribution is -2.48. The van der Waals surface area contributed by atoms with Crippen LogP contribution in [0.5, 0.6) is 0 Å². The molecule has 7 nitrogen and oxygen atoms in total. The van der Waals surface area contributed by atoms with Crippen molar-refractivity contribution < 1.29 is 23.8 Å². The molecule has 8 heteroatoms. The maximum Gasteiger partial charge on any atom is 0.320 e. The molecular formula is C26H36FN3O4. The van der Waals surface area contributed by atoms with Crippen molar-refractivity contribution in [3.8, 4) is 0 Å². The van der Waals surface area contributed by atoms with Crippen molar-refractivity contribution in [2.75, 3.05) is 59.0 Å². The highest BCUT2D eigenvalue weighted by atomic mass is 19.1. The van der Waals surface area contributed by atoms with Crippen LogP contribution in [0.15, 0.2) is 35.9 Å². The van der Waals surface area contributed by atoms with E-state index in [1.54, 1.807) is 18.2 Å². The van der Waals surface area contributed by atoms with Crippen molar-refractivity contribution in [2.24, 2.45) is 5.92 Å². The highest BCUT2D eigenvalue weighted by Gasteiger charge is 2.41. The first-order valence-electron chi connectivity index (χ1n) is 12.5. The van der Waals surface area contributed by atoms with Crippen molar-refractivity contribution in [2.45, 2.75) is 38.3 Å². The summed E-state index contributed by atoms with van der Waals surface area (Å²) in [5.41, 5.74) is 1.33. The van der Waals surface area contributed by atoms with Crippen LogP contribution in [0.4, 0.5) is 4.39 Å². The Hall–Kier alpha value is -2.13. The third kappa shape index (κ3) is 6.30. The number of esters is 1. The zero-order chi connectivity index (χ0) is 24.1. The second-order valence-electron chi connectivity index (χ2n) is 9.54. The zero-order valence-electron chi connectivity index (χ0n) is 20.0. The summed E-state index contributed by atoms with van der Waals surface area (Å²) in [6, 6.07) is 5.96. The lowest BCUT2D eigenvalue weighted by Gasteiger charge is -2.38. The van der Waals surface area contributed by atoms with Gasteiger partial charge in [0.25, 0.3) is 0 Å². The molecule has 2 aliphatic heterocycles. The summed E-state index contributed by atoms with van der Waals surface area (Å²) >= 11 is 0. The highest BCUT2D eigenvalue weighted by molar-refractivity contribution is 5.89. The first-order chi connectivity index (χ1) is 16.5. The largest absolute Gasteiger partial charge is 0.465 e. The van der Waals surface area contributed by atoms with E-state index in [2.05, 4.69) is 15.9 Å². The van der Waals surface area contributed by atoms with Crippen molar-refractivity contribution in [1.29, 1.82) is 0 Å². The molecule has 2 atom stereocenters. The van der Waals surface area contributed by atoms with E-state index >= 15 is 0 Å². The SMILES string of the molecule is CCOC(=O)CN1CCN(C/C=C2/CN(C(C(=O)C3CC3)c3ccccc3F)CCC2O)CC1. The summed E-state index contributed by atoms with van der Waals surface area (Å²) < 4.78 is 19.7. The number of hydrogen-bond acceptors (Lipinski definition) is 7. The summed E-state index contributed by atoms with van der Waals surface area (Å²) in [7, 11) is 0. The Labute approximate surface area is 201 Å². The lowest BCUT2D eigenvalue weighted by atomic mass is 9.92. The van der Waals surface area contributed by atoms with Gasteiger partial charge in [-0.05, 0) is 37.8 Å². The summed E-state index contributed by atoms with van der Waals surface area (Å²) in [5, 5.41) is 10.6. The van der Waals surface area contributed by atoms with Gasteiger partial charge < -0.3 is 9.84 Å². The van der Waals surface area contributed by atoms with E-state index in [0.717, 1.165) is 44.6 Å². The van der Waals surface area contributed by atoms with Crippen LogP contribution in [-0.2, 0) is 14.3 Å². The number of halogens is 1. The van der Waals surface area contributed by atoms with Gasteiger partial charge in [0.05, 0.1) is 25.3 Å². The molecule has 1 aromatic carbocycles. The van der Waals surface area contributed by atoms with Crippen LogP contribution in [0.2, 0.25) is 0 Å². The predicted octanol–water partition coefficient (Wildman–Crippen LogP) is 2.02. The average molecular weight is 474 g/mol. The Bertz CT molecular complexity index is 896. The van der Waals surface area contributed by atoms with Gasteiger partial charge in [0, 0.05) is 57.3 Å². The molecule has 3 aliphatic rings. The summed E-state index contributed by atoms with van der Waals surface area (Å²) in [6.45, 7) is 7.51. The van der Waals surface area contributed by atoms with Gasteiger partial charge in [0.2, 0.25) is 0 Å². The van der Waals surface area contributed by atoms with E-state index < -0.39 is 12.1 Å². The minimum Gasteiger partial charge on any atom is -0.465 e. The van der Waals surface area contributed by atoms with E-state index in [-0.39, 0.29) is 23.5 Å². The third-order valence-corrected chi connectivity index (χ3v) is 7.05. The van der Waals surface area contributed by atoms with Crippen LogP contribution >= 0.6 is 0 Å². The molecule has 0 amide bonds. The van der Waals surface area contributed by atoms with E-state index in [4.69, 9.17) is 4.74 Å². The molecule has 2 unspecified atom stereocenters. The number of piperidine rings is 1. The molecule has 1 N–H and O–H groups in total. The third-order valence-electron chi connectivity index (χ3n) is 7.05. The fraction of sp³-hybridized carbons (Fsp3) is 0.615. The molecule has 1 aromatic rings. The van der Waals surface area contributed by atoms with Gasteiger partial charge in [-0.2, -0.15) is 0 Å². The number of carbonyl (C=O) groups excluding carboxylic acids is 2. The first kappa shape index (κ1) is 25.0. The number of nitrogens with zero attached hydrogens (tertiary/aromatic N) is 3. The molecule has 0 spiro atoms. The van der Waals surface area contributed by atoms with Crippen molar-refractivity contribution in [1.82, 2.24) is 14.7 Å². The number of aliphatic hydroxyl groups is 1. The van der Waals surface area contributed by atoms with Gasteiger partial charge in [0.15, 0.2) is 5.78 Å². The van der Waals surface area contributed by atoms with Crippen LogP contribution in [0.1, 0.15) is 37.8 Å². The number of Topliss-reactive ketones (excluding diaryl/α,β-unsaturated/α-hetero) is 1. The first-order valence-corrected chi connectivity index (χ1v) is 12.5. The van der Waals surface area contributed by atoms with Crippen molar-refractivity contribution in [3.63, 3.8) is 0 Å². The standard InChI is InChI=1S/C26H36FN3O4/c1-2-34-24(32)18-29-15-13-28(14-16-29)11-9-20-17-30(12-10-23(20)31)25(26(33)19-7-8-19)21-5-3-4-6-22(21)27/h3-6,9,19,23,25,31H,2,7-8,10-18H2,1H3/b20-9-. The Morgan fingerprint density at radius 1 is 1.12 bits per heavy atom. The van der Waals surface area contributed by atoms with Crippen molar-refractivity contribution in [3.05, 3.63) is 47.3 Å². The Kier molecular flexibility index (Phi) is 8.47. The van der Waals surface area contributed by atoms with E-state index in [9.17, 15) is 19.1 Å². The van der Waals surface area contributed by atoms with Gasteiger partial charge in [-0.15, -0.1) is 0 Å². The van der Waals surface area contributed by atoms with Crippen molar-refractivity contribution >= 4 is 11.8 Å². The monoisotopic (exact) mass is 473 g/mol. The van der Waals surface area contributed by atoms with Crippen LogP contribution in [0, 0.1) is 11.7 Å². The fourth-order valence-electron chi connectivity index (χ4n) is 4.90. The highest BCUT2D eigenvalue weighted by Crippen LogP contribution is 2.39. The normalized spacial score (nSPS) is 24.8. The molecule has 4 rings (SSSR count). The number of rotatable bonds is 9. The maximum absolute atomic E-state index is 14.7. The molecule has 1 aliphatic carbocycles. The zero-order valence-corrected chi connectivity index (χ0v) is 20.0. The van der Waals surface area contributed by atoms with Crippen LogP contribution < -0.4 is 0 Å². The minimum atomic E-state index is -0.601. The number of hydrogen-bond donors (Lipinski definition) is 1. The smallest absolute Gasteiger partial charge is 0.320 e. The second kappa shape index (κ2) is 11.5. The van der Waals surface area contributed by atoms with E-state index in [0.29, 0.717) is 44.8 Å². The Morgan fingerprint density at radius 2 is 1.82 bits per heavy atom. The predicted molar refractivity (Wildman–Crippen MR) is 127 cm³/mol. The van der Waals surface area contributed by atoms with E-state index in [1.165, 1.54) is 6.07 Å². The quantitative estimate of drug-likeness (QED) is 0.435. The number of ether oxygens (including phenoxy) is 1. The molecule has 1 saturated carbocycles. The number of likely N-dealkylation sites (tertiary alicyclic amines) is 1. The number of ketones is 1. The second-order valence-corrected chi connectivity index (χ2v) is 9.54. The van der Waals surface area contributed by atoms with Gasteiger partial charge in [-0.1, -0.05) is 24.3 Å². The van der Waals surface area contributed by atoms with Crippen LogP contribution in [0.25, 0.3) is 0 Å². The topological polar surface area (TPSA) is 73.3 Å². The van der Waals surface area contributed by atoms with Gasteiger partial charge in [-0.3, -0.25) is 24.3 Å². The number of carbonyl (C=O) groups is 2. The van der Waals surface area contributed by atoms with Gasteiger partial charge in [0.1, 0.15) is 5.82 Å². The Balaban J connectivity index is 1.38. The molecule has 34 heavy (non-hydrogen) atoms. The summed E-state index contributed by atoms with van der Waals surface area (Å²) in [5.74, 6) is -0.416. The van der Waals surface area contributed by atoms with Gasteiger partial charge >= 0.3 is 5.97 Å². The molecule has 3 fully saturated rings. The average Bonchev–Trinajstić information content (AvgIpc) is 3.67. The molecule has 186 valence electrons. The number of benzene rings is 1. The summed E-state index contributed by atoms with van der Waals surface area (Å²) in [6.07, 6.45) is 3.81. The maximum atomic E-state index is 14.7. The molecule has 0 aromatic heterocycles. The molecule has 2 saturated heterocycles. The molecule has 0 radical (unpaired) electrons.